The molecule has 1 atom stereocenters. The fraction of sp³-hybridized carbons (Fsp3) is 0.533. The lowest BCUT2D eigenvalue weighted by Crippen LogP contribution is -2.20. The first kappa shape index (κ1) is 14.5. The van der Waals surface area contributed by atoms with Crippen LogP contribution in [0.3, 0.4) is 0 Å². The fourth-order valence-electron chi connectivity index (χ4n) is 1.90. The molecule has 1 saturated heterocycles. The second-order valence-electron chi connectivity index (χ2n) is 4.48. The zero-order chi connectivity index (χ0) is 14.2. The summed E-state index contributed by atoms with van der Waals surface area (Å²) >= 11 is 0. The van der Waals surface area contributed by atoms with E-state index in [2.05, 4.69) is 16.8 Å². The van der Waals surface area contributed by atoms with Gasteiger partial charge in [-0.3, -0.25) is 0 Å². The number of methoxy groups -OCH3 is 1. The van der Waals surface area contributed by atoms with Crippen LogP contribution in [0.2, 0.25) is 0 Å². The van der Waals surface area contributed by atoms with Crippen molar-refractivity contribution in [1.82, 2.24) is 0 Å². The lowest BCUT2D eigenvalue weighted by atomic mass is 10.2. The lowest BCUT2D eigenvalue weighted by molar-refractivity contribution is -0.135. The molecule has 0 saturated carbocycles. The van der Waals surface area contributed by atoms with Crippen LogP contribution in [-0.4, -0.2) is 26.0 Å². The Balaban J connectivity index is 1.85. The number of carbonyl (C=O) groups excluding carboxylic acids is 1. The third kappa shape index (κ3) is 4.63. The third-order valence-electron chi connectivity index (χ3n) is 2.94. The van der Waals surface area contributed by atoms with E-state index in [0.29, 0.717) is 17.9 Å². The standard InChI is InChI=1S/C15H18O5/c1-17-14(16)11-13-6-4-5-12(20-13)8-10-19-15-7-2-3-9-18-15/h5,11,15H,2-4,6-7,9H2,1H3/b13-11+. The van der Waals surface area contributed by atoms with E-state index in [-0.39, 0.29) is 6.29 Å². The first-order valence-corrected chi connectivity index (χ1v) is 6.73. The summed E-state index contributed by atoms with van der Waals surface area (Å²) < 4.78 is 20.7. The van der Waals surface area contributed by atoms with Crippen molar-refractivity contribution in [2.24, 2.45) is 0 Å². The Morgan fingerprint density at radius 1 is 1.50 bits per heavy atom. The van der Waals surface area contributed by atoms with Crippen LogP contribution < -0.4 is 0 Å². The Labute approximate surface area is 118 Å². The number of rotatable bonds is 2. The molecule has 2 aliphatic heterocycles. The largest absolute Gasteiger partial charge is 0.466 e. The Bertz CT molecular complexity index is 460. The van der Waals surface area contributed by atoms with E-state index in [1.807, 2.05) is 6.08 Å². The molecule has 20 heavy (non-hydrogen) atoms. The van der Waals surface area contributed by atoms with Crippen molar-refractivity contribution in [3.05, 3.63) is 23.7 Å². The number of hydrogen-bond donors (Lipinski definition) is 0. The molecule has 0 amide bonds. The van der Waals surface area contributed by atoms with Gasteiger partial charge in [0.05, 0.1) is 19.8 Å². The van der Waals surface area contributed by atoms with Crippen LogP contribution in [0.5, 0.6) is 0 Å². The van der Waals surface area contributed by atoms with E-state index < -0.39 is 5.97 Å². The predicted octanol–water partition coefficient (Wildman–Crippen LogP) is 2.24. The minimum absolute atomic E-state index is 0.245. The second kappa shape index (κ2) is 7.61. The normalized spacial score (nSPS) is 23.9. The monoisotopic (exact) mass is 278 g/mol. The van der Waals surface area contributed by atoms with Crippen LogP contribution in [0, 0.1) is 12.0 Å². The van der Waals surface area contributed by atoms with Crippen LogP contribution in [0.4, 0.5) is 0 Å². The summed E-state index contributed by atoms with van der Waals surface area (Å²) in [4.78, 5) is 11.1. The van der Waals surface area contributed by atoms with Crippen LogP contribution >= 0.6 is 0 Å². The first-order chi connectivity index (χ1) is 9.78. The molecule has 5 heteroatoms. The highest BCUT2D eigenvalue weighted by Gasteiger charge is 2.14. The summed E-state index contributed by atoms with van der Waals surface area (Å²) in [6, 6.07) is 0. The van der Waals surface area contributed by atoms with Crippen molar-refractivity contribution >= 4 is 5.97 Å². The van der Waals surface area contributed by atoms with Gasteiger partial charge in [-0.25, -0.2) is 4.79 Å². The van der Waals surface area contributed by atoms with Gasteiger partial charge in [0.1, 0.15) is 11.9 Å². The van der Waals surface area contributed by atoms with Gasteiger partial charge in [-0.15, -0.1) is 0 Å². The van der Waals surface area contributed by atoms with Gasteiger partial charge in [-0.1, -0.05) is 0 Å². The summed E-state index contributed by atoms with van der Waals surface area (Å²) in [6.45, 7) is 0.720. The maximum atomic E-state index is 11.1. The van der Waals surface area contributed by atoms with Crippen LogP contribution in [-0.2, 0) is 23.7 Å². The zero-order valence-corrected chi connectivity index (χ0v) is 11.5. The number of carbonyl (C=O) groups is 1. The van der Waals surface area contributed by atoms with Gasteiger partial charge in [0.15, 0.2) is 5.76 Å². The summed E-state index contributed by atoms with van der Waals surface area (Å²) in [7, 11) is 1.33. The minimum atomic E-state index is -0.430. The van der Waals surface area contributed by atoms with Crippen LogP contribution in [0.25, 0.3) is 0 Å². The molecule has 0 N–H and O–H groups in total. The highest BCUT2D eigenvalue weighted by Crippen LogP contribution is 2.19. The molecule has 2 heterocycles. The van der Waals surface area contributed by atoms with Crippen molar-refractivity contribution in [3.8, 4) is 12.0 Å². The van der Waals surface area contributed by atoms with Gasteiger partial charge in [-0.05, 0) is 25.3 Å². The molecule has 5 nitrogen and oxygen atoms in total. The number of hydrogen-bond acceptors (Lipinski definition) is 5. The molecule has 2 rings (SSSR count). The van der Waals surface area contributed by atoms with Crippen molar-refractivity contribution in [2.75, 3.05) is 13.7 Å². The van der Waals surface area contributed by atoms with Gasteiger partial charge in [0, 0.05) is 18.8 Å². The SMILES string of the molecule is COC(=O)/C=C1\CCC=C(C#COC2CCCCO2)O1. The number of esters is 1. The summed E-state index contributed by atoms with van der Waals surface area (Å²) in [5.74, 6) is 3.40. The molecule has 0 radical (unpaired) electrons. The highest BCUT2D eigenvalue weighted by atomic mass is 16.7. The molecule has 1 fully saturated rings. The first-order valence-electron chi connectivity index (χ1n) is 6.73. The van der Waals surface area contributed by atoms with Crippen LogP contribution in [0.15, 0.2) is 23.7 Å². The van der Waals surface area contributed by atoms with Gasteiger partial charge in [-0.2, -0.15) is 0 Å². The van der Waals surface area contributed by atoms with Crippen molar-refractivity contribution in [2.45, 2.75) is 38.4 Å². The van der Waals surface area contributed by atoms with E-state index in [1.165, 1.54) is 13.2 Å². The number of allylic oxidation sites excluding steroid dienone is 3. The smallest absolute Gasteiger partial charge is 0.333 e. The maximum Gasteiger partial charge on any atom is 0.333 e. The lowest BCUT2D eigenvalue weighted by Gasteiger charge is -2.19. The molecule has 0 bridgehead atoms. The molecule has 1 unspecified atom stereocenters. The molecule has 0 spiro atoms. The molecule has 0 aromatic heterocycles. The van der Waals surface area contributed by atoms with Gasteiger partial charge >= 0.3 is 5.97 Å². The predicted molar refractivity (Wildman–Crippen MR) is 71.0 cm³/mol. The topological polar surface area (TPSA) is 54.0 Å². The van der Waals surface area contributed by atoms with Crippen molar-refractivity contribution < 1.29 is 23.7 Å². The molecular formula is C15H18O5. The maximum absolute atomic E-state index is 11.1. The zero-order valence-electron chi connectivity index (χ0n) is 11.5. The summed E-state index contributed by atoms with van der Waals surface area (Å²) in [5.41, 5.74) is 0. The molecular weight excluding hydrogens is 260 g/mol. The van der Waals surface area contributed by atoms with Crippen molar-refractivity contribution in [3.63, 3.8) is 0 Å². The van der Waals surface area contributed by atoms with Crippen molar-refractivity contribution in [1.29, 1.82) is 0 Å². The highest BCUT2D eigenvalue weighted by molar-refractivity contribution is 5.82. The van der Waals surface area contributed by atoms with E-state index in [9.17, 15) is 4.79 Å². The molecule has 108 valence electrons. The van der Waals surface area contributed by atoms with Gasteiger partial charge < -0.3 is 18.9 Å². The fourth-order valence-corrected chi connectivity index (χ4v) is 1.90. The minimum Gasteiger partial charge on any atom is -0.466 e. The Morgan fingerprint density at radius 2 is 2.40 bits per heavy atom. The third-order valence-corrected chi connectivity index (χ3v) is 2.94. The van der Waals surface area contributed by atoms with E-state index in [0.717, 1.165) is 32.3 Å². The Hall–Kier alpha value is -1.93. The van der Waals surface area contributed by atoms with E-state index >= 15 is 0 Å². The Morgan fingerprint density at radius 3 is 3.15 bits per heavy atom. The second-order valence-corrected chi connectivity index (χ2v) is 4.48. The van der Waals surface area contributed by atoms with Crippen LogP contribution in [0.1, 0.15) is 32.1 Å². The summed E-state index contributed by atoms with van der Waals surface area (Å²) in [5, 5.41) is 0. The Kier molecular flexibility index (Phi) is 5.51. The van der Waals surface area contributed by atoms with Gasteiger partial charge in [0.2, 0.25) is 6.29 Å². The molecule has 0 aromatic rings. The summed E-state index contributed by atoms with van der Waals surface area (Å²) in [6.07, 6.45) is 10.0. The molecule has 0 aliphatic carbocycles. The molecule has 0 aromatic carbocycles. The quantitative estimate of drug-likeness (QED) is 0.440. The van der Waals surface area contributed by atoms with Gasteiger partial charge in [0.25, 0.3) is 0 Å². The number of ether oxygens (including phenoxy) is 4. The van der Waals surface area contributed by atoms with E-state index in [4.69, 9.17) is 14.2 Å². The van der Waals surface area contributed by atoms with E-state index in [1.54, 1.807) is 0 Å². The molecule has 2 aliphatic rings. The average Bonchev–Trinajstić information content (AvgIpc) is 2.48. The average molecular weight is 278 g/mol.